The van der Waals surface area contributed by atoms with Crippen LogP contribution in [0.3, 0.4) is 0 Å². The van der Waals surface area contributed by atoms with Crippen LogP contribution in [-0.2, 0) is 0 Å². The Morgan fingerprint density at radius 3 is 2.21 bits per heavy atom. The molecule has 0 radical (unpaired) electrons. The first-order valence-electron chi connectivity index (χ1n) is 9.16. The maximum atomic E-state index is 13.0. The van der Waals surface area contributed by atoms with Gasteiger partial charge in [0, 0.05) is 5.56 Å². The van der Waals surface area contributed by atoms with Crippen LogP contribution in [0.25, 0.3) is 10.2 Å². The Morgan fingerprint density at radius 2 is 1.41 bits per heavy atom. The summed E-state index contributed by atoms with van der Waals surface area (Å²) in [6.07, 6.45) is 0. The standard InChI is InChI=1S/C23H19N3O2S/c1-14-8-3-4-10-16(14)21(27)25-20-15(2)9-7-11-17(20)22(28)26-23-24-18-12-5-6-13-19(18)29-23/h3-13H,1-2H3,(H,25,27)(H,24,26,28). The van der Waals surface area contributed by atoms with Crippen molar-refractivity contribution < 1.29 is 9.59 Å². The van der Waals surface area contributed by atoms with Gasteiger partial charge in [0.2, 0.25) is 0 Å². The van der Waals surface area contributed by atoms with E-state index in [9.17, 15) is 9.59 Å². The van der Waals surface area contributed by atoms with Crippen LogP contribution in [0.15, 0.2) is 66.7 Å². The van der Waals surface area contributed by atoms with Gasteiger partial charge < -0.3 is 5.32 Å². The summed E-state index contributed by atoms with van der Waals surface area (Å²) in [7, 11) is 0. The number of nitrogens with one attached hydrogen (secondary N) is 2. The molecule has 0 aliphatic rings. The largest absolute Gasteiger partial charge is 0.321 e. The molecule has 0 atom stereocenters. The number of anilines is 2. The van der Waals surface area contributed by atoms with E-state index in [2.05, 4.69) is 15.6 Å². The van der Waals surface area contributed by atoms with Crippen LogP contribution in [-0.4, -0.2) is 16.8 Å². The van der Waals surface area contributed by atoms with Gasteiger partial charge in [-0.05, 0) is 49.2 Å². The fourth-order valence-electron chi connectivity index (χ4n) is 3.12. The van der Waals surface area contributed by atoms with E-state index in [0.29, 0.717) is 21.9 Å². The zero-order valence-electron chi connectivity index (χ0n) is 16.0. The fraction of sp³-hybridized carbons (Fsp3) is 0.0870. The molecule has 0 aliphatic heterocycles. The number of benzene rings is 3. The molecule has 0 spiro atoms. The van der Waals surface area contributed by atoms with Crippen molar-refractivity contribution in [3.05, 3.63) is 89.0 Å². The number of carbonyl (C=O) groups excluding carboxylic acids is 2. The third-order valence-corrected chi connectivity index (χ3v) is 5.61. The van der Waals surface area contributed by atoms with E-state index in [1.807, 2.05) is 62.4 Å². The Bertz CT molecular complexity index is 1200. The van der Waals surface area contributed by atoms with Gasteiger partial charge in [-0.25, -0.2) is 4.98 Å². The molecule has 2 N–H and O–H groups in total. The molecule has 0 saturated heterocycles. The quantitative estimate of drug-likeness (QED) is 0.480. The van der Waals surface area contributed by atoms with E-state index < -0.39 is 0 Å². The van der Waals surface area contributed by atoms with Gasteiger partial charge in [0.05, 0.1) is 21.5 Å². The number of carbonyl (C=O) groups is 2. The smallest absolute Gasteiger partial charge is 0.259 e. The number of amides is 2. The minimum Gasteiger partial charge on any atom is -0.321 e. The lowest BCUT2D eigenvalue weighted by Gasteiger charge is -2.14. The summed E-state index contributed by atoms with van der Waals surface area (Å²) in [6.45, 7) is 3.75. The Morgan fingerprint density at radius 1 is 0.759 bits per heavy atom. The second-order valence-corrected chi connectivity index (χ2v) is 7.74. The average Bonchev–Trinajstić information content (AvgIpc) is 3.12. The van der Waals surface area contributed by atoms with E-state index >= 15 is 0 Å². The summed E-state index contributed by atoms with van der Waals surface area (Å²) >= 11 is 1.41. The molecule has 0 aliphatic carbocycles. The summed E-state index contributed by atoms with van der Waals surface area (Å²) < 4.78 is 1.00. The number of para-hydroxylation sites is 2. The highest BCUT2D eigenvalue weighted by atomic mass is 32.1. The van der Waals surface area contributed by atoms with Crippen molar-refractivity contribution in [2.45, 2.75) is 13.8 Å². The van der Waals surface area contributed by atoms with E-state index in [1.54, 1.807) is 18.2 Å². The highest BCUT2D eigenvalue weighted by Crippen LogP contribution is 2.27. The molecule has 4 rings (SSSR count). The zero-order chi connectivity index (χ0) is 20.4. The normalized spacial score (nSPS) is 10.7. The molecule has 5 nitrogen and oxygen atoms in total. The number of aromatic nitrogens is 1. The van der Waals surface area contributed by atoms with Crippen LogP contribution in [0, 0.1) is 13.8 Å². The van der Waals surface area contributed by atoms with Crippen LogP contribution in [0.2, 0.25) is 0 Å². The van der Waals surface area contributed by atoms with Crippen molar-refractivity contribution in [1.82, 2.24) is 4.98 Å². The zero-order valence-corrected chi connectivity index (χ0v) is 16.8. The molecular weight excluding hydrogens is 382 g/mol. The highest BCUT2D eigenvalue weighted by molar-refractivity contribution is 7.22. The van der Waals surface area contributed by atoms with Gasteiger partial charge in [0.1, 0.15) is 0 Å². The molecule has 0 saturated carbocycles. The average molecular weight is 401 g/mol. The van der Waals surface area contributed by atoms with Crippen molar-refractivity contribution in [3.63, 3.8) is 0 Å². The first-order valence-corrected chi connectivity index (χ1v) is 9.98. The molecular formula is C23H19N3O2S. The van der Waals surface area contributed by atoms with Crippen molar-refractivity contribution in [2.24, 2.45) is 0 Å². The lowest BCUT2D eigenvalue weighted by molar-refractivity contribution is 0.102. The third-order valence-electron chi connectivity index (χ3n) is 4.66. The minimum atomic E-state index is -0.312. The Balaban J connectivity index is 1.62. The number of fused-ring (bicyclic) bond motifs is 1. The Hall–Kier alpha value is -3.51. The van der Waals surface area contributed by atoms with Crippen molar-refractivity contribution in [1.29, 1.82) is 0 Å². The summed E-state index contributed by atoms with van der Waals surface area (Å²) in [5, 5.41) is 6.29. The van der Waals surface area contributed by atoms with Gasteiger partial charge in [-0.2, -0.15) is 0 Å². The van der Waals surface area contributed by atoms with Crippen molar-refractivity contribution in [2.75, 3.05) is 10.6 Å². The van der Waals surface area contributed by atoms with Gasteiger partial charge in [0.15, 0.2) is 5.13 Å². The third kappa shape index (κ3) is 3.88. The van der Waals surface area contributed by atoms with Crippen LogP contribution >= 0.6 is 11.3 Å². The Kier molecular flexibility index (Phi) is 5.10. The molecule has 29 heavy (non-hydrogen) atoms. The van der Waals surface area contributed by atoms with E-state index in [1.165, 1.54) is 11.3 Å². The molecule has 3 aromatic carbocycles. The van der Waals surface area contributed by atoms with Crippen molar-refractivity contribution in [3.8, 4) is 0 Å². The summed E-state index contributed by atoms with van der Waals surface area (Å²) in [4.78, 5) is 30.2. The fourth-order valence-corrected chi connectivity index (χ4v) is 3.98. The van der Waals surface area contributed by atoms with Gasteiger partial charge in [-0.15, -0.1) is 0 Å². The predicted octanol–water partition coefficient (Wildman–Crippen LogP) is 5.42. The van der Waals surface area contributed by atoms with Gasteiger partial charge in [-0.3, -0.25) is 14.9 Å². The van der Waals surface area contributed by atoms with Crippen LogP contribution in [0.4, 0.5) is 10.8 Å². The van der Waals surface area contributed by atoms with Crippen molar-refractivity contribution >= 4 is 44.2 Å². The molecule has 0 bridgehead atoms. The van der Waals surface area contributed by atoms with Gasteiger partial charge >= 0.3 is 0 Å². The topological polar surface area (TPSA) is 71.1 Å². The SMILES string of the molecule is Cc1ccccc1C(=O)Nc1c(C)cccc1C(=O)Nc1nc2ccccc2s1. The molecule has 0 unspecified atom stereocenters. The first-order chi connectivity index (χ1) is 14.0. The summed E-state index contributed by atoms with van der Waals surface area (Å²) in [5.41, 5.74) is 3.99. The number of aryl methyl sites for hydroxylation is 2. The van der Waals surface area contributed by atoms with Crippen LogP contribution in [0.1, 0.15) is 31.8 Å². The van der Waals surface area contributed by atoms with Gasteiger partial charge in [0.25, 0.3) is 11.8 Å². The number of rotatable bonds is 4. The van der Waals surface area contributed by atoms with Crippen LogP contribution < -0.4 is 10.6 Å². The molecule has 144 valence electrons. The van der Waals surface area contributed by atoms with E-state index in [0.717, 1.165) is 21.3 Å². The van der Waals surface area contributed by atoms with E-state index in [4.69, 9.17) is 0 Å². The molecule has 1 aromatic heterocycles. The molecule has 0 fully saturated rings. The predicted molar refractivity (Wildman–Crippen MR) is 118 cm³/mol. The van der Waals surface area contributed by atoms with E-state index in [-0.39, 0.29) is 11.8 Å². The molecule has 1 heterocycles. The summed E-state index contributed by atoms with van der Waals surface area (Å²) in [5.74, 6) is -0.556. The lowest BCUT2D eigenvalue weighted by Crippen LogP contribution is -2.19. The minimum absolute atomic E-state index is 0.244. The van der Waals surface area contributed by atoms with Crippen LogP contribution in [0.5, 0.6) is 0 Å². The molecule has 4 aromatic rings. The second-order valence-electron chi connectivity index (χ2n) is 6.71. The monoisotopic (exact) mass is 401 g/mol. The Labute approximate surface area is 172 Å². The van der Waals surface area contributed by atoms with Gasteiger partial charge in [-0.1, -0.05) is 53.8 Å². The summed E-state index contributed by atoms with van der Waals surface area (Å²) in [6, 6.07) is 20.4. The maximum Gasteiger partial charge on any atom is 0.259 e. The number of hydrogen-bond acceptors (Lipinski definition) is 4. The number of nitrogens with zero attached hydrogens (tertiary/aromatic N) is 1. The molecule has 6 heteroatoms. The lowest BCUT2D eigenvalue weighted by atomic mass is 10.0. The molecule has 2 amide bonds. The number of thiazole rings is 1. The first kappa shape index (κ1) is 18.8. The second kappa shape index (κ2) is 7.85. The number of hydrogen-bond donors (Lipinski definition) is 2. The maximum absolute atomic E-state index is 13.0. The highest BCUT2D eigenvalue weighted by Gasteiger charge is 2.18.